The van der Waals surface area contributed by atoms with Crippen molar-refractivity contribution in [1.29, 1.82) is 0 Å². The van der Waals surface area contributed by atoms with Gasteiger partial charge in [-0.2, -0.15) is 0 Å². The van der Waals surface area contributed by atoms with Crippen LogP contribution in [0, 0.1) is 0 Å². The molecule has 28 heavy (non-hydrogen) atoms. The molecule has 4 rings (SSSR count). The Labute approximate surface area is 164 Å². The summed E-state index contributed by atoms with van der Waals surface area (Å²) < 4.78 is 46.1. The molecule has 4 fully saturated rings. The quantitative estimate of drug-likeness (QED) is 0.634. The van der Waals surface area contributed by atoms with Crippen LogP contribution in [0.3, 0.4) is 0 Å². The van der Waals surface area contributed by atoms with Gasteiger partial charge in [-0.3, -0.25) is 0 Å². The minimum absolute atomic E-state index is 0.147. The van der Waals surface area contributed by atoms with Crippen molar-refractivity contribution in [2.24, 2.45) is 0 Å². The van der Waals surface area contributed by atoms with Crippen LogP contribution in [0.25, 0.3) is 0 Å². The molecule has 0 aromatic carbocycles. The maximum absolute atomic E-state index is 12.0. The molecule has 9 heteroatoms. The standard InChI is InChI=1S/C19H30O9/c1-18(2)25-14-11(9-21-10-12(20)24-13-7-5-6-8-22-13)23-17-16(15(14)26-18)27-19(3,4)28-17/h11,13-17H,5-10H2,1-4H3/t11-,13?,14+,15+,16-,17-/m1/s1. The lowest BCUT2D eigenvalue weighted by Gasteiger charge is -2.37. The molecular weight excluding hydrogens is 372 g/mol. The van der Waals surface area contributed by atoms with Crippen molar-refractivity contribution in [3.8, 4) is 0 Å². The first kappa shape index (κ1) is 20.5. The van der Waals surface area contributed by atoms with Crippen LogP contribution in [0.5, 0.6) is 0 Å². The van der Waals surface area contributed by atoms with Gasteiger partial charge in [0.25, 0.3) is 0 Å². The molecule has 4 aliphatic rings. The average Bonchev–Trinajstić information content (AvgIpc) is 3.10. The van der Waals surface area contributed by atoms with Gasteiger partial charge in [-0.05, 0) is 40.5 Å². The molecule has 0 radical (unpaired) electrons. The lowest BCUT2D eigenvalue weighted by atomic mass is 9.99. The Morgan fingerprint density at radius 1 is 0.964 bits per heavy atom. The minimum Gasteiger partial charge on any atom is -0.434 e. The zero-order valence-corrected chi connectivity index (χ0v) is 16.9. The normalized spacial score (nSPS) is 41.3. The van der Waals surface area contributed by atoms with Gasteiger partial charge in [-0.1, -0.05) is 0 Å². The van der Waals surface area contributed by atoms with Crippen molar-refractivity contribution in [1.82, 2.24) is 0 Å². The Hall–Kier alpha value is -0.810. The van der Waals surface area contributed by atoms with Crippen molar-refractivity contribution in [2.45, 2.75) is 95.5 Å². The second-order valence-corrected chi connectivity index (χ2v) is 8.51. The fourth-order valence-corrected chi connectivity index (χ4v) is 4.07. The van der Waals surface area contributed by atoms with Gasteiger partial charge in [0.15, 0.2) is 17.9 Å². The van der Waals surface area contributed by atoms with Crippen molar-refractivity contribution in [3.63, 3.8) is 0 Å². The summed E-state index contributed by atoms with van der Waals surface area (Å²) in [7, 11) is 0. The predicted molar refractivity (Wildman–Crippen MR) is 93.0 cm³/mol. The lowest BCUT2D eigenvalue weighted by Crippen LogP contribution is -2.56. The smallest absolute Gasteiger partial charge is 0.334 e. The summed E-state index contributed by atoms with van der Waals surface area (Å²) in [5.74, 6) is -1.99. The molecular formula is C19H30O9. The first-order chi connectivity index (χ1) is 13.2. The van der Waals surface area contributed by atoms with Crippen molar-refractivity contribution in [3.05, 3.63) is 0 Å². The highest BCUT2D eigenvalue weighted by molar-refractivity contribution is 5.70. The van der Waals surface area contributed by atoms with E-state index in [9.17, 15) is 4.79 Å². The molecule has 0 bridgehead atoms. The summed E-state index contributed by atoms with van der Waals surface area (Å²) >= 11 is 0. The average molecular weight is 402 g/mol. The van der Waals surface area contributed by atoms with E-state index in [1.54, 1.807) is 0 Å². The number of esters is 1. The molecule has 0 aromatic heterocycles. The van der Waals surface area contributed by atoms with E-state index in [4.69, 9.17) is 37.9 Å². The van der Waals surface area contributed by atoms with Crippen LogP contribution in [0.1, 0.15) is 47.0 Å². The van der Waals surface area contributed by atoms with E-state index in [1.165, 1.54) is 0 Å². The molecule has 160 valence electrons. The van der Waals surface area contributed by atoms with Crippen LogP contribution < -0.4 is 0 Å². The molecule has 4 saturated heterocycles. The number of carbonyl (C=O) groups is 1. The highest BCUT2D eigenvalue weighted by Gasteiger charge is 2.60. The number of hydrogen-bond donors (Lipinski definition) is 0. The molecule has 0 spiro atoms. The molecule has 9 nitrogen and oxygen atoms in total. The highest BCUT2D eigenvalue weighted by atomic mass is 16.9. The van der Waals surface area contributed by atoms with E-state index >= 15 is 0 Å². The van der Waals surface area contributed by atoms with Gasteiger partial charge in [0.05, 0.1) is 13.2 Å². The SMILES string of the molecule is CC1(C)O[C@H]2[C@@H](O1)[C@@H](COCC(=O)OC1CCCCO1)O[C@@H]1OC(C)(C)O[C@@H]12. The Kier molecular flexibility index (Phi) is 5.69. The summed E-state index contributed by atoms with van der Waals surface area (Å²) in [4.78, 5) is 12.0. The molecule has 0 aromatic rings. The van der Waals surface area contributed by atoms with Crippen LogP contribution in [0.15, 0.2) is 0 Å². The topological polar surface area (TPSA) is 90.9 Å². The van der Waals surface area contributed by atoms with Gasteiger partial charge < -0.3 is 37.9 Å². The molecule has 4 aliphatic heterocycles. The fraction of sp³-hybridized carbons (Fsp3) is 0.947. The number of carbonyl (C=O) groups excluding carboxylic acids is 1. The van der Waals surface area contributed by atoms with Crippen LogP contribution in [0.4, 0.5) is 0 Å². The van der Waals surface area contributed by atoms with Crippen LogP contribution in [0.2, 0.25) is 0 Å². The lowest BCUT2D eigenvalue weighted by molar-refractivity contribution is -0.243. The maximum Gasteiger partial charge on any atom is 0.334 e. The molecule has 4 heterocycles. The summed E-state index contributed by atoms with van der Waals surface area (Å²) in [5, 5.41) is 0. The Morgan fingerprint density at radius 3 is 2.43 bits per heavy atom. The second kappa shape index (κ2) is 7.79. The predicted octanol–water partition coefficient (Wildman–Crippen LogP) is 1.47. The van der Waals surface area contributed by atoms with Gasteiger partial charge >= 0.3 is 5.97 Å². The minimum atomic E-state index is -0.768. The summed E-state index contributed by atoms with van der Waals surface area (Å²) in [6.07, 6.45) is 0.0946. The molecule has 0 N–H and O–H groups in total. The van der Waals surface area contributed by atoms with E-state index in [1.807, 2.05) is 27.7 Å². The number of hydrogen-bond acceptors (Lipinski definition) is 9. The zero-order chi connectivity index (χ0) is 19.9. The first-order valence-corrected chi connectivity index (χ1v) is 9.98. The maximum atomic E-state index is 12.0. The van der Waals surface area contributed by atoms with Crippen LogP contribution in [-0.2, 0) is 42.7 Å². The Balaban J connectivity index is 1.31. The van der Waals surface area contributed by atoms with Gasteiger partial charge in [0.2, 0.25) is 6.29 Å². The van der Waals surface area contributed by atoms with E-state index in [2.05, 4.69) is 0 Å². The monoisotopic (exact) mass is 402 g/mol. The van der Waals surface area contributed by atoms with Gasteiger partial charge in [0.1, 0.15) is 31.0 Å². The molecule has 0 saturated carbocycles. The fourth-order valence-electron chi connectivity index (χ4n) is 4.07. The summed E-state index contributed by atoms with van der Waals surface area (Å²) in [5.41, 5.74) is 0. The number of rotatable bonds is 5. The third-order valence-electron chi connectivity index (χ3n) is 5.15. The molecule has 6 atom stereocenters. The molecule has 0 amide bonds. The first-order valence-electron chi connectivity index (χ1n) is 9.98. The third kappa shape index (κ3) is 4.51. The zero-order valence-electron chi connectivity index (χ0n) is 16.9. The van der Waals surface area contributed by atoms with Crippen molar-refractivity contribution >= 4 is 5.97 Å². The van der Waals surface area contributed by atoms with Crippen LogP contribution >= 0.6 is 0 Å². The number of ether oxygens (including phenoxy) is 8. The van der Waals surface area contributed by atoms with E-state index < -0.39 is 36.2 Å². The molecule has 0 aliphatic carbocycles. The summed E-state index contributed by atoms with van der Waals surface area (Å²) in [6.45, 7) is 7.94. The van der Waals surface area contributed by atoms with Gasteiger partial charge in [-0.15, -0.1) is 0 Å². The van der Waals surface area contributed by atoms with Crippen molar-refractivity contribution in [2.75, 3.05) is 19.8 Å². The summed E-state index contributed by atoms with van der Waals surface area (Å²) in [6, 6.07) is 0. The number of fused-ring (bicyclic) bond motifs is 3. The van der Waals surface area contributed by atoms with E-state index in [0.29, 0.717) is 6.61 Å². The van der Waals surface area contributed by atoms with Crippen LogP contribution in [-0.4, -0.2) is 74.4 Å². The Morgan fingerprint density at radius 2 is 1.68 bits per heavy atom. The Bertz CT molecular complexity index is 572. The van der Waals surface area contributed by atoms with E-state index in [-0.39, 0.29) is 31.5 Å². The van der Waals surface area contributed by atoms with Crippen molar-refractivity contribution < 1.29 is 42.7 Å². The van der Waals surface area contributed by atoms with Gasteiger partial charge in [0, 0.05) is 6.42 Å². The second-order valence-electron chi connectivity index (χ2n) is 8.51. The third-order valence-corrected chi connectivity index (χ3v) is 5.15. The highest BCUT2D eigenvalue weighted by Crippen LogP contribution is 2.44. The van der Waals surface area contributed by atoms with Gasteiger partial charge in [-0.25, -0.2) is 4.79 Å². The van der Waals surface area contributed by atoms with E-state index in [0.717, 1.165) is 19.3 Å². The largest absolute Gasteiger partial charge is 0.434 e. The molecule has 1 unspecified atom stereocenters.